The molecule has 0 saturated heterocycles. The first-order chi connectivity index (χ1) is 10.3. The Morgan fingerprint density at radius 1 is 0.810 bits per heavy atom. The summed E-state index contributed by atoms with van der Waals surface area (Å²) in [7, 11) is 0. The number of fused-ring (bicyclic) bond motifs is 1. The molecule has 1 heteroatoms. The van der Waals surface area contributed by atoms with E-state index in [1.54, 1.807) is 0 Å². The molecule has 0 bridgehead atoms. The van der Waals surface area contributed by atoms with Gasteiger partial charge in [0.15, 0.2) is 0 Å². The SMILES string of the molecule is C[C@@H](COCc1ccc2ccccc2c1)c1ccccc1. The summed E-state index contributed by atoms with van der Waals surface area (Å²) in [5, 5.41) is 2.55. The third kappa shape index (κ3) is 3.50. The Morgan fingerprint density at radius 2 is 1.52 bits per heavy atom. The Kier molecular flexibility index (Phi) is 4.32. The van der Waals surface area contributed by atoms with Crippen LogP contribution in [0.5, 0.6) is 0 Å². The van der Waals surface area contributed by atoms with Gasteiger partial charge in [-0.2, -0.15) is 0 Å². The molecular weight excluding hydrogens is 256 g/mol. The summed E-state index contributed by atoms with van der Waals surface area (Å²) in [6.45, 7) is 3.62. The molecule has 0 heterocycles. The van der Waals surface area contributed by atoms with Crippen molar-refractivity contribution in [2.24, 2.45) is 0 Å². The van der Waals surface area contributed by atoms with Crippen LogP contribution in [-0.4, -0.2) is 6.61 Å². The predicted molar refractivity (Wildman–Crippen MR) is 88.5 cm³/mol. The molecule has 3 rings (SSSR count). The Balaban J connectivity index is 1.59. The molecule has 21 heavy (non-hydrogen) atoms. The fraction of sp³-hybridized carbons (Fsp3) is 0.200. The first-order valence-electron chi connectivity index (χ1n) is 7.43. The maximum absolute atomic E-state index is 5.88. The van der Waals surface area contributed by atoms with Gasteiger partial charge >= 0.3 is 0 Å². The van der Waals surface area contributed by atoms with E-state index in [0.717, 1.165) is 6.61 Å². The normalized spacial score (nSPS) is 12.4. The summed E-state index contributed by atoms with van der Waals surface area (Å²) in [5.74, 6) is 0.423. The van der Waals surface area contributed by atoms with Gasteiger partial charge in [-0.05, 0) is 28.0 Å². The molecule has 0 fully saturated rings. The van der Waals surface area contributed by atoms with E-state index in [2.05, 4.69) is 73.7 Å². The third-order valence-electron chi connectivity index (χ3n) is 3.82. The molecule has 0 radical (unpaired) electrons. The maximum Gasteiger partial charge on any atom is 0.0717 e. The van der Waals surface area contributed by atoms with Gasteiger partial charge in [-0.3, -0.25) is 0 Å². The molecular formula is C20H20O. The number of benzene rings is 3. The Hall–Kier alpha value is -2.12. The largest absolute Gasteiger partial charge is 0.376 e. The summed E-state index contributed by atoms with van der Waals surface area (Å²) < 4.78 is 5.88. The minimum atomic E-state index is 0.423. The van der Waals surface area contributed by atoms with Crippen LogP contribution in [-0.2, 0) is 11.3 Å². The summed E-state index contributed by atoms with van der Waals surface area (Å²) in [6, 6.07) is 25.5. The average Bonchev–Trinajstić information content (AvgIpc) is 2.55. The van der Waals surface area contributed by atoms with Crippen molar-refractivity contribution in [1.82, 2.24) is 0 Å². The number of hydrogen-bond donors (Lipinski definition) is 0. The van der Waals surface area contributed by atoms with Crippen molar-refractivity contribution in [2.45, 2.75) is 19.4 Å². The van der Waals surface area contributed by atoms with Crippen molar-refractivity contribution in [3.05, 3.63) is 83.9 Å². The fourth-order valence-electron chi connectivity index (χ4n) is 2.56. The second-order valence-electron chi connectivity index (χ2n) is 5.51. The molecule has 0 spiro atoms. The molecule has 0 N–H and O–H groups in total. The second kappa shape index (κ2) is 6.55. The standard InChI is InChI=1S/C20H20O/c1-16(18-7-3-2-4-8-18)14-21-15-17-11-12-19-9-5-6-10-20(19)13-17/h2-13,16H,14-15H2,1H3/t16-/m0/s1. The van der Waals surface area contributed by atoms with Crippen LogP contribution >= 0.6 is 0 Å². The molecule has 0 aliphatic heterocycles. The van der Waals surface area contributed by atoms with Crippen LogP contribution in [0.15, 0.2) is 72.8 Å². The first kappa shape index (κ1) is 13.8. The molecule has 0 amide bonds. The minimum absolute atomic E-state index is 0.423. The predicted octanol–water partition coefficient (Wildman–Crippen LogP) is 5.16. The zero-order valence-electron chi connectivity index (χ0n) is 12.3. The van der Waals surface area contributed by atoms with Gasteiger partial charge in [0, 0.05) is 5.92 Å². The smallest absolute Gasteiger partial charge is 0.0717 e. The van der Waals surface area contributed by atoms with E-state index in [1.165, 1.54) is 21.9 Å². The van der Waals surface area contributed by atoms with E-state index in [1.807, 2.05) is 6.07 Å². The van der Waals surface area contributed by atoms with E-state index < -0.39 is 0 Å². The molecule has 0 unspecified atom stereocenters. The van der Waals surface area contributed by atoms with E-state index in [9.17, 15) is 0 Å². The van der Waals surface area contributed by atoms with Crippen molar-refractivity contribution in [3.8, 4) is 0 Å². The number of rotatable bonds is 5. The highest BCUT2D eigenvalue weighted by Gasteiger charge is 2.05. The van der Waals surface area contributed by atoms with Crippen molar-refractivity contribution in [2.75, 3.05) is 6.61 Å². The summed E-state index contributed by atoms with van der Waals surface area (Å²) >= 11 is 0. The van der Waals surface area contributed by atoms with Crippen LogP contribution in [0.1, 0.15) is 24.0 Å². The van der Waals surface area contributed by atoms with Crippen LogP contribution in [0.2, 0.25) is 0 Å². The molecule has 0 aromatic heterocycles. The van der Waals surface area contributed by atoms with E-state index in [0.29, 0.717) is 12.5 Å². The van der Waals surface area contributed by atoms with Gasteiger partial charge in [0.25, 0.3) is 0 Å². The van der Waals surface area contributed by atoms with Crippen molar-refractivity contribution >= 4 is 10.8 Å². The van der Waals surface area contributed by atoms with E-state index in [4.69, 9.17) is 4.74 Å². The lowest BCUT2D eigenvalue weighted by atomic mass is 10.0. The van der Waals surface area contributed by atoms with Crippen molar-refractivity contribution in [1.29, 1.82) is 0 Å². The molecule has 3 aromatic rings. The topological polar surface area (TPSA) is 9.23 Å². The highest BCUT2D eigenvalue weighted by atomic mass is 16.5. The second-order valence-corrected chi connectivity index (χ2v) is 5.51. The van der Waals surface area contributed by atoms with E-state index >= 15 is 0 Å². The Bertz CT molecular complexity index is 703. The zero-order valence-corrected chi connectivity index (χ0v) is 12.3. The van der Waals surface area contributed by atoms with Gasteiger partial charge in [0.1, 0.15) is 0 Å². The van der Waals surface area contributed by atoms with Gasteiger partial charge in [0.05, 0.1) is 13.2 Å². The maximum atomic E-state index is 5.88. The fourth-order valence-corrected chi connectivity index (χ4v) is 2.56. The molecule has 0 saturated carbocycles. The van der Waals surface area contributed by atoms with Crippen molar-refractivity contribution in [3.63, 3.8) is 0 Å². The highest BCUT2D eigenvalue weighted by Crippen LogP contribution is 2.18. The number of ether oxygens (including phenoxy) is 1. The van der Waals surface area contributed by atoms with Crippen LogP contribution in [0.3, 0.4) is 0 Å². The van der Waals surface area contributed by atoms with Crippen LogP contribution in [0.25, 0.3) is 10.8 Å². The molecule has 3 aromatic carbocycles. The molecule has 0 aliphatic carbocycles. The quantitative estimate of drug-likeness (QED) is 0.625. The lowest BCUT2D eigenvalue weighted by Gasteiger charge is -2.12. The summed E-state index contributed by atoms with van der Waals surface area (Å²) in [6.07, 6.45) is 0. The lowest BCUT2D eigenvalue weighted by Crippen LogP contribution is -2.04. The van der Waals surface area contributed by atoms with Gasteiger partial charge < -0.3 is 4.74 Å². The molecule has 1 atom stereocenters. The van der Waals surface area contributed by atoms with Gasteiger partial charge in [0.2, 0.25) is 0 Å². The molecule has 106 valence electrons. The van der Waals surface area contributed by atoms with Crippen LogP contribution in [0, 0.1) is 0 Å². The van der Waals surface area contributed by atoms with Gasteiger partial charge in [-0.15, -0.1) is 0 Å². The van der Waals surface area contributed by atoms with Gasteiger partial charge in [-0.25, -0.2) is 0 Å². The Labute approximate surface area is 126 Å². The van der Waals surface area contributed by atoms with E-state index in [-0.39, 0.29) is 0 Å². The van der Waals surface area contributed by atoms with Crippen LogP contribution in [0.4, 0.5) is 0 Å². The Morgan fingerprint density at radius 3 is 2.33 bits per heavy atom. The summed E-state index contributed by atoms with van der Waals surface area (Å²) in [4.78, 5) is 0. The average molecular weight is 276 g/mol. The minimum Gasteiger partial charge on any atom is -0.376 e. The lowest BCUT2D eigenvalue weighted by molar-refractivity contribution is 0.110. The zero-order chi connectivity index (χ0) is 14.5. The summed E-state index contributed by atoms with van der Waals surface area (Å²) in [5.41, 5.74) is 2.56. The van der Waals surface area contributed by atoms with Gasteiger partial charge in [-0.1, -0.05) is 73.7 Å². The highest BCUT2D eigenvalue weighted by molar-refractivity contribution is 5.82. The molecule has 1 nitrogen and oxygen atoms in total. The monoisotopic (exact) mass is 276 g/mol. The van der Waals surface area contributed by atoms with Crippen LogP contribution < -0.4 is 0 Å². The number of hydrogen-bond acceptors (Lipinski definition) is 1. The third-order valence-corrected chi connectivity index (χ3v) is 3.82. The molecule has 0 aliphatic rings. The first-order valence-corrected chi connectivity index (χ1v) is 7.43. The van der Waals surface area contributed by atoms with Crippen molar-refractivity contribution < 1.29 is 4.74 Å².